The molecular formula is C20H22N2O2S. The zero-order chi connectivity index (χ0) is 17.4. The lowest BCUT2D eigenvalue weighted by atomic mass is 9.96. The maximum absolute atomic E-state index is 12.9. The van der Waals surface area contributed by atoms with Crippen LogP contribution in [0.2, 0.25) is 0 Å². The predicted molar refractivity (Wildman–Crippen MR) is 102 cm³/mol. The molecule has 0 atom stereocenters. The van der Waals surface area contributed by atoms with Crippen molar-refractivity contribution < 1.29 is 8.42 Å². The Balaban J connectivity index is 1.75. The lowest BCUT2D eigenvalue weighted by Gasteiger charge is -2.12. The summed E-state index contributed by atoms with van der Waals surface area (Å²) in [6.45, 7) is 2.02. The zero-order valence-corrected chi connectivity index (χ0v) is 15.1. The van der Waals surface area contributed by atoms with E-state index in [-0.39, 0.29) is 0 Å². The number of aryl methyl sites for hydroxylation is 3. The maximum atomic E-state index is 12.9. The smallest absolute Gasteiger partial charge is 0.261 e. The fourth-order valence-corrected chi connectivity index (χ4v) is 4.81. The molecule has 0 fully saturated rings. The number of hydrogen-bond donors (Lipinski definition) is 2. The van der Waals surface area contributed by atoms with Gasteiger partial charge in [0, 0.05) is 16.6 Å². The Kier molecular flexibility index (Phi) is 4.04. The van der Waals surface area contributed by atoms with Crippen LogP contribution in [0.5, 0.6) is 0 Å². The third kappa shape index (κ3) is 2.93. The van der Waals surface area contributed by atoms with Crippen LogP contribution in [0, 0.1) is 0 Å². The quantitative estimate of drug-likeness (QED) is 0.729. The Morgan fingerprint density at radius 3 is 2.72 bits per heavy atom. The molecule has 1 aliphatic rings. The lowest BCUT2D eigenvalue weighted by Crippen LogP contribution is -2.14. The molecule has 1 aliphatic carbocycles. The highest BCUT2D eigenvalue weighted by atomic mass is 32.2. The Labute approximate surface area is 148 Å². The van der Waals surface area contributed by atoms with Crippen molar-refractivity contribution in [3.05, 3.63) is 59.3 Å². The van der Waals surface area contributed by atoms with E-state index in [0.29, 0.717) is 10.6 Å². The minimum atomic E-state index is -3.61. The summed E-state index contributed by atoms with van der Waals surface area (Å²) in [5.74, 6) is 0. The number of aromatic nitrogens is 1. The van der Waals surface area contributed by atoms with Gasteiger partial charge in [0.15, 0.2) is 0 Å². The molecular weight excluding hydrogens is 332 g/mol. The number of sulfonamides is 1. The van der Waals surface area contributed by atoms with E-state index >= 15 is 0 Å². The Morgan fingerprint density at radius 1 is 1.08 bits per heavy atom. The van der Waals surface area contributed by atoms with Crippen LogP contribution in [0.4, 0.5) is 5.69 Å². The second-order valence-corrected chi connectivity index (χ2v) is 8.30. The average Bonchev–Trinajstić information content (AvgIpc) is 3.00. The second kappa shape index (κ2) is 6.23. The summed E-state index contributed by atoms with van der Waals surface area (Å²) in [6.07, 6.45) is 5.21. The number of anilines is 1. The van der Waals surface area contributed by atoms with Gasteiger partial charge in [-0.05, 0) is 67.5 Å². The van der Waals surface area contributed by atoms with E-state index in [2.05, 4.69) is 9.71 Å². The minimum Gasteiger partial charge on any atom is -0.358 e. The predicted octanol–water partition coefficient (Wildman–Crippen LogP) is 4.41. The molecule has 4 rings (SSSR count). The highest BCUT2D eigenvalue weighted by Gasteiger charge is 2.20. The first-order chi connectivity index (χ1) is 12.1. The fraction of sp³-hybridized carbons (Fsp3) is 0.300. The van der Waals surface area contributed by atoms with Gasteiger partial charge >= 0.3 is 0 Å². The van der Waals surface area contributed by atoms with Gasteiger partial charge in [-0.15, -0.1) is 0 Å². The first-order valence-electron chi connectivity index (χ1n) is 8.82. The summed E-state index contributed by atoms with van der Waals surface area (Å²) in [7, 11) is -3.61. The zero-order valence-electron chi connectivity index (χ0n) is 14.3. The standard InChI is InChI=1S/C20H22N2O2S/c1-2-14-7-3-5-9-18(14)22-25(23,24)15-11-12-20-17(13-15)16-8-4-6-10-19(16)21-20/h3,5,7,9,11-13,21-22H,2,4,6,8,10H2,1H3. The van der Waals surface area contributed by atoms with E-state index in [9.17, 15) is 8.42 Å². The number of para-hydroxylation sites is 1. The van der Waals surface area contributed by atoms with E-state index in [4.69, 9.17) is 0 Å². The van der Waals surface area contributed by atoms with Crippen LogP contribution in [-0.4, -0.2) is 13.4 Å². The molecule has 2 N–H and O–H groups in total. The lowest BCUT2D eigenvalue weighted by molar-refractivity contribution is 0.601. The molecule has 0 amide bonds. The summed E-state index contributed by atoms with van der Waals surface area (Å²) in [4.78, 5) is 3.77. The summed E-state index contributed by atoms with van der Waals surface area (Å²) in [5, 5.41) is 1.04. The molecule has 3 aromatic rings. The van der Waals surface area contributed by atoms with Crippen molar-refractivity contribution in [3.63, 3.8) is 0 Å². The largest absolute Gasteiger partial charge is 0.358 e. The third-order valence-electron chi connectivity index (χ3n) is 5.02. The van der Waals surface area contributed by atoms with Gasteiger partial charge < -0.3 is 4.98 Å². The number of nitrogens with one attached hydrogen (secondary N) is 2. The van der Waals surface area contributed by atoms with Crippen LogP contribution in [0.15, 0.2) is 47.4 Å². The molecule has 0 aliphatic heterocycles. The van der Waals surface area contributed by atoms with Crippen LogP contribution < -0.4 is 4.72 Å². The van der Waals surface area contributed by atoms with E-state index < -0.39 is 10.0 Å². The SMILES string of the molecule is CCc1ccccc1NS(=O)(=O)c1ccc2[nH]c3c(c2c1)CCCC3. The van der Waals surface area contributed by atoms with Gasteiger partial charge in [-0.2, -0.15) is 0 Å². The summed E-state index contributed by atoms with van der Waals surface area (Å²) < 4.78 is 28.5. The molecule has 0 unspecified atom stereocenters. The molecule has 5 heteroatoms. The Bertz CT molecular complexity index is 1040. The highest BCUT2D eigenvalue weighted by Crippen LogP contribution is 2.31. The maximum Gasteiger partial charge on any atom is 0.261 e. The third-order valence-corrected chi connectivity index (χ3v) is 6.39. The summed E-state index contributed by atoms with van der Waals surface area (Å²) in [5.41, 5.74) is 5.22. The molecule has 0 saturated heterocycles. The van der Waals surface area contributed by atoms with Crippen molar-refractivity contribution in [1.29, 1.82) is 0 Å². The van der Waals surface area contributed by atoms with E-state index in [1.165, 1.54) is 24.1 Å². The first kappa shape index (κ1) is 16.2. The molecule has 0 spiro atoms. The molecule has 0 saturated carbocycles. The van der Waals surface area contributed by atoms with Crippen molar-refractivity contribution in [2.45, 2.75) is 43.9 Å². The van der Waals surface area contributed by atoms with Crippen LogP contribution in [0.3, 0.4) is 0 Å². The number of fused-ring (bicyclic) bond motifs is 3. The molecule has 4 nitrogen and oxygen atoms in total. The molecule has 25 heavy (non-hydrogen) atoms. The van der Waals surface area contributed by atoms with E-state index in [1.54, 1.807) is 6.07 Å². The van der Waals surface area contributed by atoms with Crippen LogP contribution in [0.25, 0.3) is 10.9 Å². The second-order valence-electron chi connectivity index (χ2n) is 6.61. The van der Waals surface area contributed by atoms with Gasteiger partial charge in [0.1, 0.15) is 0 Å². The summed E-state index contributed by atoms with van der Waals surface area (Å²) >= 11 is 0. The topological polar surface area (TPSA) is 62.0 Å². The molecule has 130 valence electrons. The number of H-pyrrole nitrogens is 1. The van der Waals surface area contributed by atoms with Crippen molar-refractivity contribution in [2.75, 3.05) is 4.72 Å². The van der Waals surface area contributed by atoms with Gasteiger partial charge in [-0.25, -0.2) is 8.42 Å². The van der Waals surface area contributed by atoms with Gasteiger partial charge in [0.05, 0.1) is 10.6 Å². The molecule has 1 heterocycles. The first-order valence-corrected chi connectivity index (χ1v) is 10.3. The van der Waals surface area contributed by atoms with Crippen LogP contribution in [-0.2, 0) is 29.3 Å². The van der Waals surface area contributed by atoms with Gasteiger partial charge in [0.2, 0.25) is 0 Å². The monoisotopic (exact) mass is 354 g/mol. The average molecular weight is 354 g/mol. The van der Waals surface area contributed by atoms with Gasteiger partial charge in [-0.3, -0.25) is 4.72 Å². The van der Waals surface area contributed by atoms with Crippen LogP contribution in [0.1, 0.15) is 36.6 Å². The van der Waals surface area contributed by atoms with Crippen LogP contribution >= 0.6 is 0 Å². The number of hydrogen-bond acceptors (Lipinski definition) is 2. The van der Waals surface area contributed by atoms with Crippen molar-refractivity contribution >= 4 is 26.6 Å². The molecule has 1 aromatic heterocycles. The molecule has 2 aromatic carbocycles. The summed E-state index contributed by atoms with van der Waals surface area (Å²) in [6, 6.07) is 12.9. The Morgan fingerprint density at radius 2 is 1.88 bits per heavy atom. The van der Waals surface area contributed by atoms with Crippen molar-refractivity contribution in [2.24, 2.45) is 0 Å². The van der Waals surface area contributed by atoms with Gasteiger partial charge in [-0.1, -0.05) is 25.1 Å². The highest BCUT2D eigenvalue weighted by molar-refractivity contribution is 7.92. The molecule has 0 bridgehead atoms. The minimum absolute atomic E-state index is 0.318. The normalized spacial score (nSPS) is 14.4. The fourth-order valence-electron chi connectivity index (χ4n) is 3.68. The van der Waals surface area contributed by atoms with E-state index in [0.717, 1.165) is 35.7 Å². The number of rotatable bonds is 4. The Hall–Kier alpha value is -2.27. The van der Waals surface area contributed by atoms with Crippen molar-refractivity contribution in [3.8, 4) is 0 Å². The van der Waals surface area contributed by atoms with E-state index in [1.807, 2.05) is 43.3 Å². The molecule has 0 radical (unpaired) electrons. The number of aromatic amines is 1. The van der Waals surface area contributed by atoms with Gasteiger partial charge in [0.25, 0.3) is 10.0 Å². The number of benzene rings is 2. The van der Waals surface area contributed by atoms with Crippen molar-refractivity contribution in [1.82, 2.24) is 4.98 Å².